The summed E-state index contributed by atoms with van der Waals surface area (Å²) in [6.45, 7) is 2.07. The topological polar surface area (TPSA) is 43.8 Å². The van der Waals surface area contributed by atoms with Crippen molar-refractivity contribution in [2.24, 2.45) is 0 Å². The van der Waals surface area contributed by atoms with Gasteiger partial charge in [-0.1, -0.05) is 6.92 Å². The van der Waals surface area contributed by atoms with Crippen LogP contribution in [0.25, 0.3) is 11.3 Å². The Hall–Kier alpha value is -1.84. The highest BCUT2D eigenvalue weighted by Gasteiger charge is 2.28. The van der Waals surface area contributed by atoms with Crippen LogP contribution in [0.1, 0.15) is 31.4 Å². The quantitative estimate of drug-likeness (QED) is 0.902. The van der Waals surface area contributed by atoms with Crippen LogP contribution in [0.3, 0.4) is 0 Å². The molecule has 1 saturated carbocycles. The first-order valence-corrected chi connectivity index (χ1v) is 6.33. The lowest BCUT2D eigenvalue weighted by molar-refractivity contribution is 0.628. The van der Waals surface area contributed by atoms with Crippen LogP contribution >= 0.6 is 0 Å². The Bertz CT molecular complexity index is 567. The summed E-state index contributed by atoms with van der Waals surface area (Å²) >= 11 is 0. The van der Waals surface area contributed by atoms with Crippen LogP contribution in [0.2, 0.25) is 0 Å². The molecule has 0 bridgehead atoms. The van der Waals surface area contributed by atoms with Gasteiger partial charge in [-0.15, -0.1) is 0 Å². The summed E-state index contributed by atoms with van der Waals surface area (Å²) in [6, 6.07) is 6.90. The Morgan fingerprint density at radius 3 is 2.56 bits per heavy atom. The molecule has 2 aromatic rings. The van der Waals surface area contributed by atoms with Crippen LogP contribution in [0.5, 0.6) is 0 Å². The highest BCUT2D eigenvalue weighted by Crippen LogP contribution is 2.39. The van der Waals surface area contributed by atoms with Gasteiger partial charge in [0.1, 0.15) is 11.6 Å². The monoisotopic (exact) mass is 245 g/mol. The fourth-order valence-electron chi connectivity index (χ4n) is 2.27. The minimum absolute atomic E-state index is 0.230. The van der Waals surface area contributed by atoms with Gasteiger partial charge >= 0.3 is 0 Å². The number of hydrogen-bond donors (Lipinski definition) is 1. The van der Waals surface area contributed by atoms with Gasteiger partial charge in [-0.3, -0.25) is 0 Å². The molecule has 18 heavy (non-hydrogen) atoms. The second kappa shape index (κ2) is 4.12. The van der Waals surface area contributed by atoms with Crippen molar-refractivity contribution < 1.29 is 4.39 Å². The molecule has 0 amide bonds. The third kappa shape index (κ3) is 1.78. The molecule has 1 aromatic heterocycles. The van der Waals surface area contributed by atoms with Crippen LogP contribution in [-0.2, 0) is 6.42 Å². The molecular weight excluding hydrogens is 229 g/mol. The SMILES string of the molecule is CCc1c(-c2ccc(F)cc2)nn(C2CC2)c1N. The third-order valence-corrected chi connectivity index (χ3v) is 3.41. The van der Waals surface area contributed by atoms with Crippen molar-refractivity contribution >= 4 is 5.82 Å². The summed E-state index contributed by atoms with van der Waals surface area (Å²) < 4.78 is 14.9. The smallest absolute Gasteiger partial charge is 0.125 e. The molecule has 3 rings (SSSR count). The molecule has 2 N–H and O–H groups in total. The molecule has 0 saturated heterocycles. The Morgan fingerprint density at radius 2 is 2.00 bits per heavy atom. The standard InChI is InChI=1S/C14H16FN3/c1-2-12-13(9-3-5-10(15)6-4-9)17-18(14(12)16)11-7-8-11/h3-6,11H,2,7-8,16H2,1H3. The van der Waals surface area contributed by atoms with Crippen molar-refractivity contribution in [3.05, 3.63) is 35.6 Å². The summed E-state index contributed by atoms with van der Waals surface area (Å²) in [5.74, 6) is 0.533. The fourth-order valence-corrected chi connectivity index (χ4v) is 2.27. The number of nitrogen functional groups attached to an aromatic ring is 1. The van der Waals surface area contributed by atoms with Gasteiger partial charge in [-0.25, -0.2) is 9.07 Å². The summed E-state index contributed by atoms with van der Waals surface area (Å²) in [5.41, 5.74) is 9.03. The lowest BCUT2D eigenvalue weighted by Gasteiger charge is -2.01. The van der Waals surface area contributed by atoms with E-state index in [1.165, 1.54) is 12.1 Å². The van der Waals surface area contributed by atoms with Crippen LogP contribution in [-0.4, -0.2) is 9.78 Å². The number of hydrogen-bond acceptors (Lipinski definition) is 2. The van der Waals surface area contributed by atoms with E-state index in [4.69, 9.17) is 5.73 Å². The van der Waals surface area contributed by atoms with Crippen molar-refractivity contribution in [3.8, 4) is 11.3 Å². The van der Waals surface area contributed by atoms with E-state index in [2.05, 4.69) is 12.0 Å². The fraction of sp³-hybridized carbons (Fsp3) is 0.357. The summed E-state index contributed by atoms with van der Waals surface area (Å²) in [6.07, 6.45) is 3.14. The highest BCUT2D eigenvalue weighted by atomic mass is 19.1. The van der Waals surface area contributed by atoms with Gasteiger partial charge in [0, 0.05) is 11.1 Å². The molecule has 0 atom stereocenters. The van der Waals surface area contributed by atoms with Gasteiger partial charge in [0.25, 0.3) is 0 Å². The summed E-state index contributed by atoms with van der Waals surface area (Å²) in [7, 11) is 0. The van der Waals surface area contributed by atoms with Gasteiger partial charge in [-0.2, -0.15) is 5.10 Å². The molecule has 0 unspecified atom stereocenters. The van der Waals surface area contributed by atoms with E-state index >= 15 is 0 Å². The normalized spacial score (nSPS) is 15.0. The summed E-state index contributed by atoms with van der Waals surface area (Å²) in [5, 5.41) is 4.61. The molecule has 1 fully saturated rings. The molecule has 1 aliphatic carbocycles. The number of anilines is 1. The molecule has 3 nitrogen and oxygen atoms in total. The van der Waals surface area contributed by atoms with Crippen LogP contribution in [0, 0.1) is 5.82 Å². The van der Waals surface area contributed by atoms with Crippen molar-refractivity contribution in [1.82, 2.24) is 9.78 Å². The predicted octanol–water partition coefficient (Wildman–Crippen LogP) is 3.17. The first-order chi connectivity index (χ1) is 8.70. The predicted molar refractivity (Wildman–Crippen MR) is 69.7 cm³/mol. The van der Waals surface area contributed by atoms with Crippen molar-refractivity contribution in [2.45, 2.75) is 32.2 Å². The Kier molecular flexibility index (Phi) is 2.58. The Balaban J connectivity index is 2.10. The zero-order valence-corrected chi connectivity index (χ0v) is 10.4. The number of nitrogens with two attached hydrogens (primary N) is 1. The van der Waals surface area contributed by atoms with Gasteiger partial charge in [0.15, 0.2) is 0 Å². The Labute approximate surface area is 105 Å². The molecule has 0 spiro atoms. The van der Waals surface area contributed by atoms with E-state index in [1.807, 2.05) is 4.68 Å². The number of benzene rings is 1. The number of nitrogens with zero attached hydrogens (tertiary/aromatic N) is 2. The molecule has 0 aliphatic heterocycles. The van der Waals surface area contributed by atoms with E-state index in [1.54, 1.807) is 12.1 Å². The molecule has 94 valence electrons. The maximum atomic E-state index is 13.0. The van der Waals surface area contributed by atoms with E-state index in [-0.39, 0.29) is 5.82 Å². The van der Waals surface area contributed by atoms with Gasteiger partial charge in [-0.05, 0) is 43.5 Å². The average molecular weight is 245 g/mol. The maximum Gasteiger partial charge on any atom is 0.125 e. The van der Waals surface area contributed by atoms with Crippen LogP contribution < -0.4 is 5.73 Å². The second-order valence-corrected chi connectivity index (χ2v) is 4.75. The number of aromatic nitrogens is 2. The average Bonchev–Trinajstić information content (AvgIpc) is 3.15. The number of rotatable bonds is 3. The Morgan fingerprint density at radius 1 is 1.33 bits per heavy atom. The van der Waals surface area contributed by atoms with Crippen molar-refractivity contribution in [1.29, 1.82) is 0 Å². The second-order valence-electron chi connectivity index (χ2n) is 4.75. The van der Waals surface area contributed by atoms with Crippen LogP contribution in [0.15, 0.2) is 24.3 Å². The van der Waals surface area contributed by atoms with Gasteiger partial charge in [0.05, 0.1) is 11.7 Å². The van der Waals surface area contributed by atoms with E-state index in [0.29, 0.717) is 6.04 Å². The van der Waals surface area contributed by atoms with Gasteiger partial charge < -0.3 is 5.73 Å². The first kappa shape index (κ1) is 11.3. The van der Waals surface area contributed by atoms with E-state index < -0.39 is 0 Å². The zero-order valence-electron chi connectivity index (χ0n) is 10.4. The zero-order chi connectivity index (χ0) is 12.7. The van der Waals surface area contributed by atoms with Crippen molar-refractivity contribution in [3.63, 3.8) is 0 Å². The molecule has 0 radical (unpaired) electrons. The lowest BCUT2D eigenvalue weighted by Crippen LogP contribution is -2.02. The largest absolute Gasteiger partial charge is 0.384 e. The minimum atomic E-state index is -0.230. The first-order valence-electron chi connectivity index (χ1n) is 6.33. The maximum absolute atomic E-state index is 13.0. The molecule has 1 heterocycles. The van der Waals surface area contributed by atoms with Crippen LogP contribution in [0.4, 0.5) is 10.2 Å². The van der Waals surface area contributed by atoms with E-state index in [9.17, 15) is 4.39 Å². The number of halogens is 1. The molecule has 1 aromatic carbocycles. The minimum Gasteiger partial charge on any atom is -0.384 e. The summed E-state index contributed by atoms with van der Waals surface area (Å²) in [4.78, 5) is 0. The van der Waals surface area contributed by atoms with Crippen molar-refractivity contribution in [2.75, 3.05) is 5.73 Å². The highest BCUT2D eigenvalue weighted by molar-refractivity contribution is 5.68. The molecule has 4 heteroatoms. The van der Waals surface area contributed by atoms with Gasteiger partial charge in [0.2, 0.25) is 0 Å². The molecule has 1 aliphatic rings. The van der Waals surface area contributed by atoms with E-state index in [0.717, 1.165) is 41.9 Å². The lowest BCUT2D eigenvalue weighted by atomic mass is 10.1. The molecular formula is C14H16FN3. The third-order valence-electron chi connectivity index (χ3n) is 3.41.